The van der Waals surface area contributed by atoms with Crippen LogP contribution in [0.1, 0.15) is 71.7 Å². The van der Waals surface area contributed by atoms with Gasteiger partial charge in [0, 0.05) is 0 Å². The number of nitrogens with zero attached hydrogens (tertiary/aromatic N) is 2. The second kappa shape index (κ2) is 11.9. The molecule has 2 saturated heterocycles. The summed E-state index contributed by atoms with van der Waals surface area (Å²) in [6.45, 7) is 2.01. The first kappa shape index (κ1) is 28.3. The van der Waals surface area contributed by atoms with Gasteiger partial charge in [-0.05, 0) is 90.4 Å². The SMILES string of the molecule is FC(F)(F)c1ccc(C(=Cc2ccc(-c3cnc([C@@H]4CCCN4)[nH]3)cc2)c2ccc(-c3cnc([C@@H]4CCCN4)[nH]3)cc2)cc1. The van der Waals surface area contributed by atoms with Crippen molar-refractivity contribution in [2.45, 2.75) is 43.9 Å². The molecule has 4 heterocycles. The Labute approximate surface area is 253 Å². The van der Waals surface area contributed by atoms with Gasteiger partial charge in [-0.15, -0.1) is 0 Å². The van der Waals surface area contributed by atoms with Gasteiger partial charge in [-0.3, -0.25) is 0 Å². The molecule has 44 heavy (non-hydrogen) atoms. The number of benzene rings is 3. The Kier molecular flexibility index (Phi) is 7.66. The molecule has 2 aromatic heterocycles. The number of alkyl halides is 3. The van der Waals surface area contributed by atoms with Crippen LogP contribution in [0, 0.1) is 0 Å². The molecule has 0 spiro atoms. The number of halogens is 3. The minimum absolute atomic E-state index is 0.253. The highest BCUT2D eigenvalue weighted by molar-refractivity contribution is 5.92. The largest absolute Gasteiger partial charge is 0.416 e. The van der Waals surface area contributed by atoms with Gasteiger partial charge in [0.25, 0.3) is 0 Å². The van der Waals surface area contributed by atoms with Gasteiger partial charge >= 0.3 is 6.18 Å². The van der Waals surface area contributed by atoms with Crippen molar-refractivity contribution in [2.75, 3.05) is 13.1 Å². The zero-order chi connectivity index (χ0) is 30.1. The fraction of sp³-hybridized carbons (Fsp3) is 0.257. The third kappa shape index (κ3) is 5.98. The van der Waals surface area contributed by atoms with Gasteiger partial charge in [0.15, 0.2) is 0 Å². The lowest BCUT2D eigenvalue weighted by atomic mass is 9.93. The van der Waals surface area contributed by atoms with Crippen molar-refractivity contribution < 1.29 is 13.2 Å². The predicted molar refractivity (Wildman–Crippen MR) is 166 cm³/mol. The van der Waals surface area contributed by atoms with Crippen molar-refractivity contribution in [1.29, 1.82) is 0 Å². The molecule has 3 aromatic carbocycles. The van der Waals surface area contributed by atoms with Gasteiger partial charge in [0.1, 0.15) is 11.6 Å². The van der Waals surface area contributed by atoms with Crippen LogP contribution in [0.15, 0.2) is 85.2 Å². The normalized spacial score (nSPS) is 19.1. The first-order chi connectivity index (χ1) is 21.4. The fourth-order valence-electron chi connectivity index (χ4n) is 6.08. The second-order valence-electron chi connectivity index (χ2n) is 11.5. The smallest absolute Gasteiger partial charge is 0.341 e. The van der Waals surface area contributed by atoms with Gasteiger partial charge in [0.05, 0.1) is 41.4 Å². The van der Waals surface area contributed by atoms with Crippen molar-refractivity contribution in [2.24, 2.45) is 0 Å². The maximum atomic E-state index is 13.3. The van der Waals surface area contributed by atoms with Crippen LogP contribution < -0.4 is 10.6 Å². The van der Waals surface area contributed by atoms with Gasteiger partial charge in [-0.25, -0.2) is 9.97 Å². The highest BCUT2D eigenvalue weighted by Crippen LogP contribution is 2.34. The minimum Gasteiger partial charge on any atom is -0.341 e. The van der Waals surface area contributed by atoms with Crippen molar-refractivity contribution in [1.82, 2.24) is 30.6 Å². The standard InChI is InChI=1S/C35H33F3N6/c36-35(37,38)27-15-13-24(14-16-27)28(23-9-11-26(12-10-23)32-21-42-34(44-32)30-4-2-18-40-30)19-22-5-7-25(8-6-22)31-20-41-33(43-31)29-3-1-17-39-29/h5-16,19-21,29-30,39-40H,1-4,17-18H2,(H,41,43)(H,42,44)/t29-,30-/m0/s1. The quantitative estimate of drug-likeness (QED) is 0.144. The number of hydrogen-bond acceptors (Lipinski definition) is 4. The van der Waals surface area contributed by atoms with Crippen LogP contribution in [0.2, 0.25) is 0 Å². The molecule has 224 valence electrons. The number of nitrogens with one attached hydrogen (secondary N) is 4. The van der Waals surface area contributed by atoms with Crippen molar-refractivity contribution in [3.63, 3.8) is 0 Å². The van der Waals surface area contributed by atoms with Crippen molar-refractivity contribution >= 4 is 11.6 Å². The molecule has 0 aliphatic carbocycles. The van der Waals surface area contributed by atoms with E-state index in [4.69, 9.17) is 0 Å². The van der Waals surface area contributed by atoms with E-state index < -0.39 is 11.7 Å². The highest BCUT2D eigenvalue weighted by Gasteiger charge is 2.30. The lowest BCUT2D eigenvalue weighted by molar-refractivity contribution is -0.137. The Morgan fingerprint density at radius 1 is 0.659 bits per heavy atom. The third-order valence-corrected chi connectivity index (χ3v) is 8.53. The molecule has 0 saturated carbocycles. The number of rotatable bonds is 7. The first-order valence-electron chi connectivity index (χ1n) is 15.1. The van der Waals surface area contributed by atoms with E-state index >= 15 is 0 Å². The second-order valence-corrected chi connectivity index (χ2v) is 11.5. The molecule has 6 nitrogen and oxygen atoms in total. The van der Waals surface area contributed by atoms with Crippen LogP contribution in [0.5, 0.6) is 0 Å². The van der Waals surface area contributed by atoms with Crippen LogP contribution in [-0.4, -0.2) is 33.0 Å². The molecule has 0 unspecified atom stereocenters. The van der Waals surface area contributed by atoms with E-state index in [9.17, 15) is 13.2 Å². The van der Waals surface area contributed by atoms with E-state index in [-0.39, 0.29) is 12.1 Å². The first-order valence-corrected chi connectivity index (χ1v) is 15.1. The van der Waals surface area contributed by atoms with Crippen LogP contribution in [0.4, 0.5) is 13.2 Å². The highest BCUT2D eigenvalue weighted by atomic mass is 19.4. The van der Waals surface area contributed by atoms with Gasteiger partial charge in [0.2, 0.25) is 0 Å². The summed E-state index contributed by atoms with van der Waals surface area (Å²) >= 11 is 0. The third-order valence-electron chi connectivity index (χ3n) is 8.53. The number of aromatic amines is 2. The van der Waals surface area contributed by atoms with Gasteiger partial charge in [-0.1, -0.05) is 60.7 Å². The molecule has 2 aliphatic rings. The number of aromatic nitrogens is 4. The van der Waals surface area contributed by atoms with E-state index in [0.717, 1.165) is 102 Å². The monoisotopic (exact) mass is 594 g/mol. The molecular weight excluding hydrogens is 561 g/mol. The lowest BCUT2D eigenvalue weighted by Crippen LogP contribution is -2.14. The molecule has 0 bridgehead atoms. The molecule has 2 fully saturated rings. The van der Waals surface area contributed by atoms with E-state index in [0.29, 0.717) is 5.56 Å². The topological polar surface area (TPSA) is 81.4 Å². The Bertz CT molecular complexity index is 1740. The molecule has 4 N–H and O–H groups in total. The van der Waals surface area contributed by atoms with E-state index in [1.165, 1.54) is 12.1 Å². The summed E-state index contributed by atoms with van der Waals surface area (Å²) in [4.78, 5) is 16.1. The number of imidazole rings is 2. The molecule has 5 aromatic rings. The number of hydrogen-bond donors (Lipinski definition) is 4. The van der Waals surface area contributed by atoms with Crippen LogP contribution in [0.3, 0.4) is 0 Å². The van der Waals surface area contributed by atoms with Crippen LogP contribution in [0.25, 0.3) is 34.2 Å². The van der Waals surface area contributed by atoms with Gasteiger partial charge in [-0.2, -0.15) is 13.2 Å². The Morgan fingerprint density at radius 2 is 1.14 bits per heavy atom. The summed E-state index contributed by atoms with van der Waals surface area (Å²) in [5.74, 6) is 1.90. The zero-order valence-corrected chi connectivity index (χ0v) is 24.1. The molecule has 0 amide bonds. The Morgan fingerprint density at radius 3 is 1.59 bits per heavy atom. The zero-order valence-electron chi connectivity index (χ0n) is 24.1. The molecular formula is C35H33F3N6. The predicted octanol–water partition coefficient (Wildman–Crippen LogP) is 7.92. The maximum absolute atomic E-state index is 13.3. The maximum Gasteiger partial charge on any atom is 0.416 e. The van der Waals surface area contributed by atoms with E-state index in [1.807, 2.05) is 67.0 Å². The molecule has 2 atom stereocenters. The van der Waals surface area contributed by atoms with Crippen LogP contribution >= 0.6 is 0 Å². The van der Waals surface area contributed by atoms with Gasteiger partial charge < -0.3 is 20.6 Å². The van der Waals surface area contributed by atoms with Crippen LogP contribution in [-0.2, 0) is 6.18 Å². The average Bonchev–Trinajstić information content (AvgIpc) is 3.87. The summed E-state index contributed by atoms with van der Waals surface area (Å²) in [7, 11) is 0. The summed E-state index contributed by atoms with van der Waals surface area (Å²) in [6, 6.07) is 22.0. The molecule has 7 rings (SSSR count). The summed E-state index contributed by atoms with van der Waals surface area (Å²) in [5, 5.41) is 6.93. The summed E-state index contributed by atoms with van der Waals surface area (Å²) in [5.41, 5.74) is 6.60. The van der Waals surface area contributed by atoms with E-state index in [1.54, 1.807) is 0 Å². The Balaban J connectivity index is 1.18. The Hall–Kier alpha value is -4.47. The minimum atomic E-state index is -4.39. The average molecular weight is 595 g/mol. The van der Waals surface area contributed by atoms with Crippen molar-refractivity contribution in [3.8, 4) is 22.5 Å². The summed E-state index contributed by atoms with van der Waals surface area (Å²) < 4.78 is 40.0. The number of H-pyrrole nitrogens is 2. The molecule has 2 aliphatic heterocycles. The van der Waals surface area contributed by atoms with E-state index in [2.05, 4.69) is 30.6 Å². The van der Waals surface area contributed by atoms with Crippen molar-refractivity contribution in [3.05, 3.63) is 119 Å². The molecule has 0 radical (unpaired) electrons. The lowest BCUT2D eigenvalue weighted by Gasteiger charge is -2.12. The molecule has 9 heteroatoms. The summed E-state index contributed by atoms with van der Waals surface area (Å²) in [6.07, 6.45) is 5.76. The fourth-order valence-corrected chi connectivity index (χ4v) is 6.08.